The molecule has 0 radical (unpaired) electrons. The maximum atomic E-state index is 13.7. The van der Waals surface area contributed by atoms with Crippen molar-refractivity contribution in [2.45, 2.75) is 26.4 Å². The summed E-state index contributed by atoms with van der Waals surface area (Å²) in [4.78, 5) is 23.3. The van der Waals surface area contributed by atoms with Crippen molar-refractivity contribution >= 4 is 11.9 Å². The number of amides is 1. The summed E-state index contributed by atoms with van der Waals surface area (Å²) in [5.74, 6) is -1.75. The summed E-state index contributed by atoms with van der Waals surface area (Å²) < 4.78 is 23.4. The number of hydrogen-bond donors (Lipinski definition) is 1. The predicted octanol–water partition coefficient (Wildman–Crippen LogP) is 1.91. The normalized spacial score (nSPS) is 11.6. The van der Waals surface area contributed by atoms with Gasteiger partial charge in [-0.15, -0.1) is 0 Å². The van der Waals surface area contributed by atoms with Crippen molar-refractivity contribution in [3.05, 3.63) is 29.6 Å². The van der Waals surface area contributed by atoms with Gasteiger partial charge in [0.15, 0.2) is 6.10 Å². The first-order valence-electron chi connectivity index (χ1n) is 6.31. The molecule has 0 heterocycles. The molecule has 20 heavy (non-hydrogen) atoms. The molecule has 0 aliphatic carbocycles. The van der Waals surface area contributed by atoms with E-state index in [1.807, 2.05) is 6.92 Å². The second-order valence-electron chi connectivity index (χ2n) is 4.18. The highest BCUT2D eigenvalue weighted by Gasteiger charge is 2.21. The number of esters is 1. The molecule has 0 unspecified atom stereocenters. The largest absolute Gasteiger partial charge is 0.497 e. The number of nitrogens with one attached hydrogen (secondary N) is 1. The molecule has 0 fully saturated rings. The molecule has 0 bridgehead atoms. The fraction of sp³-hybridized carbons (Fsp3) is 0.429. The first-order valence-corrected chi connectivity index (χ1v) is 6.31. The summed E-state index contributed by atoms with van der Waals surface area (Å²) in [6.07, 6.45) is -0.199. The van der Waals surface area contributed by atoms with Gasteiger partial charge in [-0.1, -0.05) is 6.92 Å². The van der Waals surface area contributed by atoms with Gasteiger partial charge in [-0.05, 0) is 25.5 Å². The Bertz CT molecular complexity index is 490. The Kier molecular flexibility index (Phi) is 5.96. The summed E-state index contributed by atoms with van der Waals surface area (Å²) in [5, 5.41) is 2.59. The minimum Gasteiger partial charge on any atom is -0.497 e. The minimum absolute atomic E-state index is 0.235. The molecule has 1 atom stereocenters. The second kappa shape index (κ2) is 7.47. The molecular weight excluding hydrogens is 265 g/mol. The lowest BCUT2D eigenvalue weighted by molar-refractivity contribution is -0.129. The average Bonchev–Trinajstić information content (AvgIpc) is 2.44. The number of rotatable bonds is 6. The highest BCUT2D eigenvalue weighted by atomic mass is 19.1. The SMILES string of the molecule is CCCNC(=O)[C@@H](C)OC(=O)c1ccc(OC)cc1F. The van der Waals surface area contributed by atoms with Gasteiger partial charge in [0.25, 0.3) is 5.91 Å². The fourth-order valence-electron chi connectivity index (χ4n) is 1.46. The molecule has 0 saturated heterocycles. The van der Waals surface area contributed by atoms with Gasteiger partial charge in [0.1, 0.15) is 11.6 Å². The van der Waals surface area contributed by atoms with Crippen LogP contribution in [-0.2, 0) is 9.53 Å². The third kappa shape index (κ3) is 4.22. The molecule has 0 aromatic heterocycles. The Hall–Kier alpha value is -2.11. The third-order valence-electron chi connectivity index (χ3n) is 2.60. The summed E-state index contributed by atoms with van der Waals surface area (Å²) >= 11 is 0. The van der Waals surface area contributed by atoms with E-state index in [0.717, 1.165) is 12.5 Å². The maximum Gasteiger partial charge on any atom is 0.341 e. The first kappa shape index (κ1) is 15.9. The zero-order valence-corrected chi connectivity index (χ0v) is 11.7. The first-order chi connectivity index (χ1) is 9.49. The Morgan fingerprint density at radius 1 is 1.40 bits per heavy atom. The Labute approximate surface area is 117 Å². The van der Waals surface area contributed by atoms with Crippen molar-refractivity contribution in [2.24, 2.45) is 0 Å². The van der Waals surface area contributed by atoms with E-state index in [0.29, 0.717) is 12.3 Å². The van der Waals surface area contributed by atoms with Gasteiger partial charge in [-0.25, -0.2) is 9.18 Å². The number of carbonyl (C=O) groups is 2. The van der Waals surface area contributed by atoms with Crippen LogP contribution in [0.5, 0.6) is 5.75 Å². The van der Waals surface area contributed by atoms with E-state index in [2.05, 4.69) is 5.32 Å². The topological polar surface area (TPSA) is 64.6 Å². The molecule has 0 aliphatic rings. The van der Waals surface area contributed by atoms with Crippen LogP contribution in [0, 0.1) is 5.82 Å². The van der Waals surface area contributed by atoms with E-state index in [1.165, 1.54) is 26.2 Å². The number of methoxy groups -OCH3 is 1. The molecule has 1 amide bonds. The number of hydrogen-bond acceptors (Lipinski definition) is 4. The van der Waals surface area contributed by atoms with Gasteiger partial charge < -0.3 is 14.8 Å². The second-order valence-corrected chi connectivity index (χ2v) is 4.18. The number of ether oxygens (including phenoxy) is 2. The van der Waals surface area contributed by atoms with Gasteiger partial charge in [-0.3, -0.25) is 4.79 Å². The van der Waals surface area contributed by atoms with Crippen LogP contribution in [0.15, 0.2) is 18.2 Å². The molecule has 5 nitrogen and oxygen atoms in total. The van der Waals surface area contributed by atoms with Crippen LogP contribution >= 0.6 is 0 Å². The van der Waals surface area contributed by atoms with Crippen LogP contribution in [-0.4, -0.2) is 31.6 Å². The van der Waals surface area contributed by atoms with Gasteiger partial charge in [0, 0.05) is 12.6 Å². The van der Waals surface area contributed by atoms with Crippen LogP contribution in [0.2, 0.25) is 0 Å². The molecule has 1 aromatic rings. The summed E-state index contributed by atoms with van der Waals surface area (Å²) in [6, 6.07) is 3.78. The fourth-order valence-corrected chi connectivity index (χ4v) is 1.46. The van der Waals surface area contributed by atoms with Crippen molar-refractivity contribution in [2.75, 3.05) is 13.7 Å². The summed E-state index contributed by atoms with van der Waals surface area (Å²) in [6.45, 7) is 3.84. The summed E-state index contributed by atoms with van der Waals surface area (Å²) in [7, 11) is 1.40. The van der Waals surface area contributed by atoms with E-state index in [1.54, 1.807) is 0 Å². The highest BCUT2D eigenvalue weighted by Crippen LogP contribution is 2.17. The molecule has 0 spiro atoms. The van der Waals surface area contributed by atoms with Gasteiger partial charge in [0.05, 0.1) is 12.7 Å². The average molecular weight is 283 g/mol. The van der Waals surface area contributed by atoms with Crippen molar-refractivity contribution in [3.8, 4) is 5.75 Å². The van der Waals surface area contributed by atoms with Crippen LogP contribution in [0.3, 0.4) is 0 Å². The maximum absolute atomic E-state index is 13.7. The summed E-state index contributed by atoms with van der Waals surface area (Å²) in [5.41, 5.74) is -0.235. The highest BCUT2D eigenvalue weighted by molar-refractivity contribution is 5.92. The van der Waals surface area contributed by atoms with E-state index < -0.39 is 23.8 Å². The van der Waals surface area contributed by atoms with Crippen LogP contribution in [0.1, 0.15) is 30.6 Å². The van der Waals surface area contributed by atoms with Crippen molar-refractivity contribution in [1.29, 1.82) is 0 Å². The Balaban J connectivity index is 2.69. The number of carbonyl (C=O) groups excluding carboxylic acids is 2. The molecule has 0 saturated carbocycles. The number of halogens is 1. The molecule has 1 aromatic carbocycles. The molecule has 1 rings (SSSR count). The quantitative estimate of drug-likeness (QED) is 0.810. The lowest BCUT2D eigenvalue weighted by Crippen LogP contribution is -2.36. The molecular formula is C14H18FNO4. The lowest BCUT2D eigenvalue weighted by atomic mass is 10.2. The smallest absolute Gasteiger partial charge is 0.341 e. The third-order valence-corrected chi connectivity index (χ3v) is 2.60. The van der Waals surface area contributed by atoms with Crippen LogP contribution < -0.4 is 10.1 Å². The Morgan fingerprint density at radius 3 is 2.65 bits per heavy atom. The molecule has 6 heteroatoms. The van der Waals surface area contributed by atoms with Gasteiger partial charge >= 0.3 is 5.97 Å². The zero-order chi connectivity index (χ0) is 15.1. The van der Waals surface area contributed by atoms with Crippen molar-refractivity contribution in [1.82, 2.24) is 5.32 Å². The van der Waals surface area contributed by atoms with Crippen molar-refractivity contribution in [3.63, 3.8) is 0 Å². The molecule has 110 valence electrons. The standard InChI is InChI=1S/C14H18FNO4/c1-4-7-16-13(17)9(2)20-14(18)11-6-5-10(19-3)8-12(11)15/h5-6,8-9H,4,7H2,1-3H3,(H,16,17)/t9-/m1/s1. The monoisotopic (exact) mass is 283 g/mol. The molecule has 0 aliphatic heterocycles. The van der Waals surface area contributed by atoms with E-state index in [-0.39, 0.29) is 5.56 Å². The Morgan fingerprint density at radius 2 is 2.10 bits per heavy atom. The van der Waals surface area contributed by atoms with Gasteiger partial charge in [-0.2, -0.15) is 0 Å². The van der Waals surface area contributed by atoms with E-state index in [9.17, 15) is 14.0 Å². The van der Waals surface area contributed by atoms with Crippen LogP contribution in [0.25, 0.3) is 0 Å². The number of benzene rings is 1. The van der Waals surface area contributed by atoms with E-state index >= 15 is 0 Å². The van der Waals surface area contributed by atoms with Gasteiger partial charge in [0.2, 0.25) is 0 Å². The lowest BCUT2D eigenvalue weighted by Gasteiger charge is -2.13. The predicted molar refractivity (Wildman–Crippen MR) is 71.1 cm³/mol. The molecule has 1 N–H and O–H groups in total. The van der Waals surface area contributed by atoms with Crippen LogP contribution in [0.4, 0.5) is 4.39 Å². The minimum atomic E-state index is -0.976. The van der Waals surface area contributed by atoms with E-state index in [4.69, 9.17) is 9.47 Å². The zero-order valence-electron chi connectivity index (χ0n) is 11.7. The van der Waals surface area contributed by atoms with Crippen molar-refractivity contribution < 1.29 is 23.5 Å².